The van der Waals surface area contributed by atoms with E-state index >= 15 is 0 Å². The average molecular weight is 350 g/mol. The Kier molecular flexibility index (Phi) is 3.88. The molecular weight excluding hydrogens is 336 g/mol. The zero-order chi connectivity index (χ0) is 16.5. The first-order valence-corrected chi connectivity index (χ1v) is 9.22. The predicted molar refractivity (Wildman–Crippen MR) is 102 cm³/mol. The molecule has 2 aromatic heterocycles. The van der Waals surface area contributed by atoms with E-state index in [2.05, 4.69) is 16.4 Å². The van der Waals surface area contributed by atoms with Crippen molar-refractivity contribution in [2.24, 2.45) is 0 Å². The van der Waals surface area contributed by atoms with Gasteiger partial charge >= 0.3 is 0 Å². The molecule has 118 valence electrons. The number of carbonyl (C=O) groups excluding carboxylic acids is 1. The molecule has 0 saturated heterocycles. The molecule has 2 heterocycles. The molecule has 2 aromatic carbocycles. The molecule has 4 rings (SSSR count). The van der Waals surface area contributed by atoms with Crippen molar-refractivity contribution in [3.8, 4) is 10.6 Å². The van der Waals surface area contributed by atoms with Crippen molar-refractivity contribution in [3.63, 3.8) is 0 Å². The predicted octanol–water partition coefficient (Wildman–Crippen LogP) is 5.59. The minimum absolute atomic E-state index is 0.0600. The minimum atomic E-state index is -0.0600. The third-order valence-corrected chi connectivity index (χ3v) is 5.85. The van der Waals surface area contributed by atoms with Gasteiger partial charge in [-0.15, -0.1) is 22.7 Å². The number of para-hydroxylation sites is 1. The fourth-order valence-corrected chi connectivity index (χ4v) is 4.28. The fraction of sp³-hybridized carbons (Fsp3) is 0.0526. The number of aromatic nitrogens is 1. The Morgan fingerprint density at radius 3 is 2.54 bits per heavy atom. The van der Waals surface area contributed by atoms with Crippen LogP contribution in [-0.4, -0.2) is 10.9 Å². The number of carbonyl (C=O) groups is 1. The van der Waals surface area contributed by atoms with Crippen LogP contribution in [0.25, 0.3) is 20.8 Å². The molecule has 0 saturated carbocycles. The quantitative estimate of drug-likeness (QED) is 0.523. The van der Waals surface area contributed by atoms with E-state index in [1.54, 1.807) is 11.3 Å². The molecular formula is C19H14N2OS2. The average Bonchev–Trinajstić information content (AvgIpc) is 3.21. The van der Waals surface area contributed by atoms with Crippen molar-refractivity contribution in [2.45, 2.75) is 6.92 Å². The van der Waals surface area contributed by atoms with E-state index in [-0.39, 0.29) is 5.91 Å². The number of aryl methyl sites for hydroxylation is 1. The van der Waals surface area contributed by atoms with Crippen molar-refractivity contribution in [2.75, 3.05) is 5.32 Å². The number of fused-ring (bicyclic) bond motifs is 1. The van der Waals surface area contributed by atoms with Crippen LogP contribution < -0.4 is 5.32 Å². The lowest BCUT2D eigenvalue weighted by Crippen LogP contribution is -2.11. The van der Waals surface area contributed by atoms with Crippen LogP contribution in [-0.2, 0) is 0 Å². The summed E-state index contributed by atoms with van der Waals surface area (Å²) in [5.74, 6) is -0.0600. The summed E-state index contributed by atoms with van der Waals surface area (Å²) in [5.41, 5.74) is 3.87. The number of hydrogen-bond acceptors (Lipinski definition) is 4. The number of nitrogens with one attached hydrogen (secondary N) is 1. The molecule has 0 fully saturated rings. The van der Waals surface area contributed by atoms with Gasteiger partial charge in [-0.3, -0.25) is 4.79 Å². The first-order chi connectivity index (χ1) is 11.7. The van der Waals surface area contributed by atoms with Gasteiger partial charge in [0.15, 0.2) is 0 Å². The molecule has 24 heavy (non-hydrogen) atoms. The molecule has 3 nitrogen and oxygen atoms in total. The lowest BCUT2D eigenvalue weighted by Gasteiger charge is -2.05. The molecule has 4 aromatic rings. The van der Waals surface area contributed by atoms with Gasteiger partial charge in [0.2, 0.25) is 0 Å². The Morgan fingerprint density at radius 2 is 1.83 bits per heavy atom. The molecule has 1 amide bonds. The maximum Gasteiger partial charge on any atom is 0.265 e. The number of thiazole rings is 1. The number of nitrogens with zero attached hydrogens (tertiary/aromatic N) is 1. The fourth-order valence-electron chi connectivity index (χ4n) is 2.49. The summed E-state index contributed by atoms with van der Waals surface area (Å²) in [6.45, 7) is 1.95. The van der Waals surface area contributed by atoms with Crippen LogP contribution in [0.4, 0.5) is 5.69 Å². The molecule has 0 aliphatic carbocycles. The third kappa shape index (κ3) is 2.84. The van der Waals surface area contributed by atoms with E-state index in [1.807, 2.05) is 60.8 Å². The van der Waals surface area contributed by atoms with Crippen molar-refractivity contribution >= 4 is 44.5 Å². The lowest BCUT2D eigenvalue weighted by atomic mass is 10.2. The first-order valence-electron chi connectivity index (χ1n) is 7.52. The molecule has 0 radical (unpaired) electrons. The van der Waals surface area contributed by atoms with Crippen LogP contribution in [0.5, 0.6) is 0 Å². The second-order valence-electron chi connectivity index (χ2n) is 5.45. The van der Waals surface area contributed by atoms with Crippen molar-refractivity contribution in [1.29, 1.82) is 0 Å². The Bertz CT molecular complexity index is 982. The van der Waals surface area contributed by atoms with Crippen molar-refractivity contribution < 1.29 is 4.79 Å². The van der Waals surface area contributed by atoms with Gasteiger partial charge in [-0.05, 0) is 60.3 Å². The molecule has 5 heteroatoms. The highest BCUT2D eigenvalue weighted by molar-refractivity contribution is 7.21. The largest absolute Gasteiger partial charge is 0.321 e. The molecule has 0 atom stereocenters. The summed E-state index contributed by atoms with van der Waals surface area (Å²) < 4.78 is 1.18. The van der Waals surface area contributed by atoms with Crippen LogP contribution in [0.15, 0.2) is 60.0 Å². The summed E-state index contributed by atoms with van der Waals surface area (Å²) in [7, 11) is 0. The summed E-state index contributed by atoms with van der Waals surface area (Å²) >= 11 is 3.13. The highest BCUT2D eigenvalue weighted by Gasteiger charge is 2.11. The third-order valence-electron chi connectivity index (χ3n) is 3.75. The SMILES string of the molecule is Cc1ccsc1C(=O)Nc1ccc(-c2nc3ccccc3s2)cc1. The number of anilines is 1. The number of amides is 1. The molecule has 0 aliphatic heterocycles. The van der Waals surface area contributed by atoms with Crippen molar-refractivity contribution in [1.82, 2.24) is 4.98 Å². The van der Waals surface area contributed by atoms with Gasteiger partial charge in [-0.1, -0.05) is 12.1 Å². The minimum Gasteiger partial charge on any atom is -0.321 e. The second kappa shape index (κ2) is 6.19. The molecule has 0 bridgehead atoms. The van der Waals surface area contributed by atoms with E-state index in [9.17, 15) is 4.79 Å². The van der Waals surface area contributed by atoms with E-state index in [0.717, 1.165) is 32.2 Å². The monoisotopic (exact) mass is 350 g/mol. The van der Waals surface area contributed by atoms with E-state index < -0.39 is 0 Å². The van der Waals surface area contributed by atoms with Crippen LogP contribution in [0.2, 0.25) is 0 Å². The van der Waals surface area contributed by atoms with Gasteiger partial charge in [0.25, 0.3) is 5.91 Å². The summed E-state index contributed by atoms with van der Waals surface area (Å²) in [6, 6.07) is 17.9. The van der Waals surface area contributed by atoms with Crippen LogP contribution in [0.1, 0.15) is 15.2 Å². The normalized spacial score (nSPS) is 10.9. The molecule has 1 N–H and O–H groups in total. The summed E-state index contributed by atoms with van der Waals surface area (Å²) in [6.07, 6.45) is 0. The standard InChI is InChI=1S/C19H14N2OS2/c1-12-10-11-23-17(12)18(22)20-14-8-6-13(7-9-14)19-21-15-4-2-3-5-16(15)24-19/h2-11H,1H3,(H,20,22). The van der Waals surface area contributed by atoms with E-state index in [1.165, 1.54) is 16.0 Å². The molecule has 0 aliphatic rings. The first kappa shape index (κ1) is 15.1. The van der Waals surface area contributed by atoms with Gasteiger partial charge in [-0.2, -0.15) is 0 Å². The van der Waals surface area contributed by atoms with Gasteiger partial charge in [-0.25, -0.2) is 4.98 Å². The zero-order valence-electron chi connectivity index (χ0n) is 12.9. The maximum absolute atomic E-state index is 12.3. The lowest BCUT2D eigenvalue weighted by molar-refractivity contribution is 0.103. The Balaban J connectivity index is 1.56. The maximum atomic E-state index is 12.3. The smallest absolute Gasteiger partial charge is 0.265 e. The highest BCUT2D eigenvalue weighted by Crippen LogP contribution is 2.30. The zero-order valence-corrected chi connectivity index (χ0v) is 14.6. The second-order valence-corrected chi connectivity index (χ2v) is 7.40. The van der Waals surface area contributed by atoms with E-state index in [4.69, 9.17) is 0 Å². The van der Waals surface area contributed by atoms with Gasteiger partial charge < -0.3 is 5.32 Å². The Morgan fingerprint density at radius 1 is 1.04 bits per heavy atom. The van der Waals surface area contributed by atoms with Gasteiger partial charge in [0.1, 0.15) is 5.01 Å². The number of rotatable bonds is 3. The summed E-state index contributed by atoms with van der Waals surface area (Å²) in [4.78, 5) is 17.7. The van der Waals surface area contributed by atoms with Crippen LogP contribution in [0.3, 0.4) is 0 Å². The highest BCUT2D eigenvalue weighted by atomic mass is 32.1. The molecule has 0 unspecified atom stereocenters. The molecule has 0 spiro atoms. The van der Waals surface area contributed by atoms with Gasteiger partial charge in [0, 0.05) is 11.3 Å². The topological polar surface area (TPSA) is 42.0 Å². The summed E-state index contributed by atoms with van der Waals surface area (Å²) in [5, 5.41) is 5.86. The number of hydrogen-bond donors (Lipinski definition) is 1. The number of benzene rings is 2. The van der Waals surface area contributed by atoms with E-state index in [0.29, 0.717) is 0 Å². The van der Waals surface area contributed by atoms with Crippen LogP contribution >= 0.6 is 22.7 Å². The van der Waals surface area contributed by atoms with Crippen LogP contribution in [0, 0.1) is 6.92 Å². The van der Waals surface area contributed by atoms with Crippen molar-refractivity contribution in [3.05, 3.63) is 70.4 Å². The Labute approximate surface area is 147 Å². The Hall–Kier alpha value is -2.50. The number of thiophene rings is 1. The van der Waals surface area contributed by atoms with Gasteiger partial charge in [0.05, 0.1) is 15.1 Å².